The Kier molecular flexibility index (Phi) is 7.15. The molecule has 138 valence electrons. The van der Waals surface area contributed by atoms with Gasteiger partial charge in [-0.05, 0) is 37.6 Å². The van der Waals surface area contributed by atoms with Crippen molar-refractivity contribution in [1.82, 2.24) is 5.32 Å². The lowest BCUT2D eigenvalue weighted by Crippen LogP contribution is -2.35. The smallest absolute Gasteiger partial charge is 0.317 e. The number of amides is 1. The summed E-state index contributed by atoms with van der Waals surface area (Å²) in [6.45, 7) is 3.75. The summed E-state index contributed by atoms with van der Waals surface area (Å²) in [5.41, 5.74) is 2.05. The molecule has 0 spiro atoms. The van der Waals surface area contributed by atoms with Gasteiger partial charge in [0.05, 0.1) is 5.75 Å². The number of esters is 1. The van der Waals surface area contributed by atoms with Gasteiger partial charge in [0, 0.05) is 11.4 Å². The summed E-state index contributed by atoms with van der Waals surface area (Å²) in [5.74, 6) is -2.55. The molecule has 1 atom stereocenters. The van der Waals surface area contributed by atoms with Crippen LogP contribution < -0.4 is 5.32 Å². The lowest BCUT2D eigenvalue weighted by molar-refractivity contribution is -0.152. The van der Waals surface area contributed by atoms with Crippen LogP contribution in [0.5, 0.6) is 0 Å². The SMILES string of the molecule is Cc1ccc(CNC(=O)[C@@H](C)OC(=O)CSc2cc(F)ccc2F)cc1. The van der Waals surface area contributed by atoms with Crippen molar-refractivity contribution in [2.75, 3.05) is 5.75 Å². The number of nitrogens with one attached hydrogen (secondary N) is 1. The molecule has 0 aliphatic rings. The number of carbonyl (C=O) groups excluding carboxylic acids is 2. The Morgan fingerprint density at radius 3 is 2.54 bits per heavy atom. The van der Waals surface area contributed by atoms with Crippen LogP contribution in [-0.2, 0) is 20.9 Å². The number of hydrogen-bond donors (Lipinski definition) is 1. The maximum absolute atomic E-state index is 13.5. The summed E-state index contributed by atoms with van der Waals surface area (Å²) < 4.78 is 31.6. The number of carbonyl (C=O) groups is 2. The van der Waals surface area contributed by atoms with Crippen LogP contribution in [0.1, 0.15) is 18.1 Å². The summed E-state index contributed by atoms with van der Waals surface area (Å²) in [5, 5.41) is 2.68. The average molecular weight is 379 g/mol. The first-order valence-electron chi connectivity index (χ1n) is 7.95. The zero-order valence-corrected chi connectivity index (χ0v) is 15.2. The van der Waals surface area contributed by atoms with Gasteiger partial charge in [0.1, 0.15) is 11.6 Å². The largest absolute Gasteiger partial charge is 0.452 e. The van der Waals surface area contributed by atoms with Crippen molar-refractivity contribution in [3.8, 4) is 0 Å². The van der Waals surface area contributed by atoms with Gasteiger partial charge in [0.15, 0.2) is 6.10 Å². The highest BCUT2D eigenvalue weighted by Crippen LogP contribution is 2.22. The van der Waals surface area contributed by atoms with Crippen molar-refractivity contribution < 1.29 is 23.1 Å². The molecule has 0 aromatic heterocycles. The number of thioether (sulfide) groups is 1. The predicted molar refractivity (Wildman–Crippen MR) is 95.7 cm³/mol. The van der Waals surface area contributed by atoms with Crippen molar-refractivity contribution in [1.29, 1.82) is 0 Å². The normalized spacial score (nSPS) is 11.7. The van der Waals surface area contributed by atoms with Gasteiger partial charge in [0.25, 0.3) is 5.91 Å². The van der Waals surface area contributed by atoms with Crippen LogP contribution in [0.4, 0.5) is 8.78 Å². The first-order valence-corrected chi connectivity index (χ1v) is 8.94. The summed E-state index contributed by atoms with van der Waals surface area (Å²) in [4.78, 5) is 23.8. The molecule has 0 aliphatic heterocycles. The predicted octanol–water partition coefficient (Wildman–Crippen LogP) is 3.61. The molecule has 26 heavy (non-hydrogen) atoms. The summed E-state index contributed by atoms with van der Waals surface area (Å²) in [6, 6.07) is 10.7. The van der Waals surface area contributed by atoms with Crippen LogP contribution in [0.3, 0.4) is 0 Å². The average Bonchev–Trinajstić information content (AvgIpc) is 2.61. The summed E-state index contributed by atoms with van der Waals surface area (Å²) in [7, 11) is 0. The number of hydrogen-bond acceptors (Lipinski definition) is 4. The lowest BCUT2D eigenvalue weighted by Gasteiger charge is -2.13. The minimum Gasteiger partial charge on any atom is -0.452 e. The van der Waals surface area contributed by atoms with Gasteiger partial charge in [-0.15, -0.1) is 11.8 Å². The van der Waals surface area contributed by atoms with Gasteiger partial charge in [0.2, 0.25) is 0 Å². The van der Waals surface area contributed by atoms with Crippen LogP contribution in [0.25, 0.3) is 0 Å². The second kappa shape index (κ2) is 9.33. The molecule has 0 fully saturated rings. The molecule has 1 amide bonds. The molecule has 2 aromatic carbocycles. The molecule has 7 heteroatoms. The molecule has 0 saturated heterocycles. The van der Waals surface area contributed by atoms with Crippen molar-refractivity contribution in [3.63, 3.8) is 0 Å². The fourth-order valence-corrected chi connectivity index (χ4v) is 2.79. The Balaban J connectivity index is 1.77. The van der Waals surface area contributed by atoms with E-state index in [0.717, 1.165) is 41.1 Å². The number of rotatable bonds is 7. The molecule has 2 rings (SSSR count). The van der Waals surface area contributed by atoms with E-state index in [4.69, 9.17) is 4.74 Å². The van der Waals surface area contributed by atoms with E-state index >= 15 is 0 Å². The Labute approximate surface area is 154 Å². The quantitative estimate of drug-likeness (QED) is 0.590. The van der Waals surface area contributed by atoms with Crippen LogP contribution in [0, 0.1) is 18.6 Å². The zero-order valence-electron chi connectivity index (χ0n) is 14.4. The third-order valence-electron chi connectivity index (χ3n) is 3.50. The molecule has 0 heterocycles. The molecule has 1 N–H and O–H groups in total. The van der Waals surface area contributed by atoms with Gasteiger partial charge in [-0.3, -0.25) is 9.59 Å². The lowest BCUT2D eigenvalue weighted by atomic mass is 10.1. The molecular formula is C19H19F2NO3S. The first-order chi connectivity index (χ1) is 12.3. The molecule has 0 unspecified atom stereocenters. The third kappa shape index (κ3) is 6.15. The topological polar surface area (TPSA) is 55.4 Å². The van der Waals surface area contributed by atoms with Crippen molar-refractivity contribution in [3.05, 3.63) is 65.2 Å². The van der Waals surface area contributed by atoms with Gasteiger partial charge in [-0.25, -0.2) is 8.78 Å². The van der Waals surface area contributed by atoms with E-state index in [1.165, 1.54) is 6.92 Å². The molecular weight excluding hydrogens is 360 g/mol. The van der Waals surface area contributed by atoms with Gasteiger partial charge < -0.3 is 10.1 Å². The second-order valence-corrected chi connectivity index (χ2v) is 6.72. The monoisotopic (exact) mass is 379 g/mol. The van der Waals surface area contributed by atoms with Gasteiger partial charge >= 0.3 is 5.97 Å². The summed E-state index contributed by atoms with van der Waals surface area (Å²) >= 11 is 0.813. The Hall–Kier alpha value is -2.41. The minimum atomic E-state index is -0.981. The van der Waals surface area contributed by atoms with E-state index in [0.29, 0.717) is 6.54 Å². The van der Waals surface area contributed by atoms with E-state index in [2.05, 4.69) is 5.32 Å². The van der Waals surface area contributed by atoms with E-state index < -0.39 is 29.6 Å². The molecule has 0 radical (unpaired) electrons. The van der Waals surface area contributed by atoms with E-state index in [1.54, 1.807) is 0 Å². The highest BCUT2D eigenvalue weighted by atomic mass is 32.2. The Morgan fingerprint density at radius 1 is 1.15 bits per heavy atom. The van der Waals surface area contributed by atoms with Crippen LogP contribution >= 0.6 is 11.8 Å². The molecule has 0 aliphatic carbocycles. The standard InChI is InChI=1S/C19H19F2NO3S/c1-12-3-5-14(6-4-12)10-22-19(24)13(2)25-18(23)11-26-17-9-15(20)7-8-16(17)21/h3-9,13H,10-11H2,1-2H3,(H,22,24)/t13-/m1/s1. The number of ether oxygens (including phenoxy) is 1. The van der Waals surface area contributed by atoms with Crippen LogP contribution in [0.15, 0.2) is 47.4 Å². The fourth-order valence-electron chi connectivity index (χ4n) is 2.05. The maximum Gasteiger partial charge on any atom is 0.317 e. The van der Waals surface area contributed by atoms with Crippen LogP contribution in [0.2, 0.25) is 0 Å². The van der Waals surface area contributed by atoms with Crippen molar-refractivity contribution in [2.24, 2.45) is 0 Å². The number of benzene rings is 2. The molecule has 0 bridgehead atoms. The third-order valence-corrected chi connectivity index (χ3v) is 4.51. The van der Waals surface area contributed by atoms with Crippen molar-refractivity contribution >= 4 is 23.6 Å². The number of aryl methyl sites for hydroxylation is 1. The summed E-state index contributed by atoms with van der Waals surface area (Å²) in [6.07, 6.45) is -0.981. The highest BCUT2D eigenvalue weighted by molar-refractivity contribution is 8.00. The first kappa shape index (κ1) is 19.9. The van der Waals surface area contributed by atoms with Crippen LogP contribution in [-0.4, -0.2) is 23.7 Å². The zero-order chi connectivity index (χ0) is 19.1. The molecule has 0 saturated carbocycles. The van der Waals surface area contributed by atoms with Gasteiger partial charge in [-0.2, -0.15) is 0 Å². The Morgan fingerprint density at radius 2 is 1.85 bits per heavy atom. The maximum atomic E-state index is 13.5. The van der Waals surface area contributed by atoms with E-state index in [1.807, 2.05) is 31.2 Å². The Bertz CT molecular complexity index is 781. The number of halogens is 2. The molecule has 4 nitrogen and oxygen atoms in total. The van der Waals surface area contributed by atoms with Gasteiger partial charge in [-0.1, -0.05) is 29.8 Å². The molecule has 2 aromatic rings. The van der Waals surface area contributed by atoms with E-state index in [-0.39, 0.29) is 10.6 Å². The highest BCUT2D eigenvalue weighted by Gasteiger charge is 2.18. The second-order valence-electron chi connectivity index (χ2n) is 5.70. The fraction of sp³-hybridized carbons (Fsp3) is 0.263. The van der Waals surface area contributed by atoms with E-state index in [9.17, 15) is 18.4 Å². The van der Waals surface area contributed by atoms with Crippen molar-refractivity contribution in [2.45, 2.75) is 31.4 Å². The minimum absolute atomic E-state index is 0.0124.